The first-order chi connectivity index (χ1) is 17.6. The molecule has 1 aromatic carbocycles. The highest BCUT2D eigenvalue weighted by molar-refractivity contribution is 9.10. The maximum absolute atomic E-state index is 12.9. The summed E-state index contributed by atoms with van der Waals surface area (Å²) in [4.78, 5) is 28.2. The van der Waals surface area contributed by atoms with E-state index in [2.05, 4.69) is 81.8 Å². The lowest BCUT2D eigenvalue weighted by molar-refractivity contribution is -0.134. The number of carbonyl (C=O) groups excluding carboxylic acids is 2. The van der Waals surface area contributed by atoms with Crippen molar-refractivity contribution in [1.82, 2.24) is 9.80 Å². The Morgan fingerprint density at radius 3 is 2.19 bits per heavy atom. The lowest BCUT2D eigenvalue weighted by Crippen LogP contribution is -2.44. The molecule has 2 aliphatic rings. The van der Waals surface area contributed by atoms with Crippen LogP contribution in [0.2, 0.25) is 0 Å². The molecule has 0 spiro atoms. The molecule has 37 heavy (non-hydrogen) atoms. The van der Waals surface area contributed by atoms with Gasteiger partial charge in [-0.05, 0) is 87.5 Å². The van der Waals surface area contributed by atoms with Crippen LogP contribution in [0.1, 0.15) is 75.5 Å². The summed E-state index contributed by atoms with van der Waals surface area (Å²) in [5.74, 6) is 1.55. The third kappa shape index (κ3) is 9.54. The molecule has 6 nitrogen and oxygen atoms in total. The zero-order valence-electron chi connectivity index (χ0n) is 22.8. The zero-order chi connectivity index (χ0) is 27.5. The molecule has 206 valence electrons. The molecule has 2 saturated heterocycles. The van der Waals surface area contributed by atoms with Crippen molar-refractivity contribution in [2.45, 2.75) is 77.0 Å². The van der Waals surface area contributed by atoms with Crippen molar-refractivity contribution < 1.29 is 9.59 Å². The number of aryl methyl sites for hydroxylation is 2. The van der Waals surface area contributed by atoms with Gasteiger partial charge < -0.3 is 20.9 Å². The minimum Gasteiger partial charge on any atom is -0.351 e. The average molecular weight is 641 g/mol. The van der Waals surface area contributed by atoms with Crippen LogP contribution in [0.5, 0.6) is 0 Å². The number of carbonyl (C=O) groups is 2. The molecule has 2 fully saturated rings. The summed E-state index contributed by atoms with van der Waals surface area (Å²) in [6, 6.07) is 4.20. The molecule has 3 amide bonds. The second kappa shape index (κ2) is 15.7. The molecule has 0 aromatic heterocycles. The van der Waals surface area contributed by atoms with E-state index in [0.717, 1.165) is 45.2 Å². The third-order valence-corrected chi connectivity index (χ3v) is 8.41. The lowest BCUT2D eigenvalue weighted by Gasteiger charge is -2.37. The highest BCUT2D eigenvalue weighted by Gasteiger charge is 2.31. The van der Waals surface area contributed by atoms with Crippen molar-refractivity contribution in [1.29, 1.82) is 5.41 Å². The number of rotatable bonds is 7. The number of amides is 3. The number of piperidine rings is 2. The van der Waals surface area contributed by atoms with Crippen LogP contribution in [0.3, 0.4) is 0 Å². The van der Waals surface area contributed by atoms with Crippen LogP contribution in [0.4, 0.5) is 4.79 Å². The van der Waals surface area contributed by atoms with Crippen LogP contribution >= 0.6 is 31.9 Å². The Hall–Kier alpha value is -1.67. The fraction of sp³-hybridized carbons (Fsp3) is 0.621. The van der Waals surface area contributed by atoms with Crippen LogP contribution in [-0.4, -0.2) is 59.0 Å². The van der Waals surface area contributed by atoms with E-state index in [1.54, 1.807) is 4.90 Å². The smallest absolute Gasteiger partial charge is 0.314 e. The van der Waals surface area contributed by atoms with E-state index < -0.39 is 0 Å². The molecule has 2 atom stereocenters. The van der Waals surface area contributed by atoms with Gasteiger partial charge in [-0.25, -0.2) is 4.79 Å². The van der Waals surface area contributed by atoms with E-state index in [-0.39, 0.29) is 16.8 Å². The van der Waals surface area contributed by atoms with Crippen LogP contribution in [-0.2, 0) is 11.2 Å². The molecule has 3 N–H and O–H groups in total. The van der Waals surface area contributed by atoms with E-state index in [4.69, 9.17) is 11.1 Å². The second-order valence-electron chi connectivity index (χ2n) is 10.3. The monoisotopic (exact) mass is 638 g/mol. The normalized spacial score (nSPS) is 18.8. The van der Waals surface area contributed by atoms with Crippen LogP contribution in [0.25, 0.3) is 0 Å². The standard InChI is InChI=1S/C26H38BrN3O2.C3H6BrN/c1-4-6-22(25-20(5-2)15-18(3)16-23(25)27)21-9-13-29(14-10-21)24(31)17-19-7-11-30(12-8-19)26(28)32;1-3(4)2-5/h4,6,15-16,19,21-22H,5,7-14,17H2,1-3H3,(H2,28,32);2-3,5H,1H3/b6-4+;. The van der Waals surface area contributed by atoms with E-state index in [1.807, 2.05) is 6.92 Å². The number of nitrogens with two attached hydrogens (primary N) is 1. The SMILES string of the molecule is C/C=C/C(c1c(Br)cc(C)cc1CC)C1CCN(C(=O)CC2CCN(C(N)=O)CC2)CC1.CC(Br)C=N. The van der Waals surface area contributed by atoms with Gasteiger partial charge in [0.05, 0.1) is 0 Å². The summed E-state index contributed by atoms with van der Waals surface area (Å²) in [6.45, 7) is 11.4. The first-order valence-corrected chi connectivity index (χ1v) is 15.2. The van der Waals surface area contributed by atoms with Gasteiger partial charge in [-0.1, -0.05) is 57.0 Å². The van der Waals surface area contributed by atoms with Gasteiger partial charge in [0.15, 0.2) is 0 Å². The molecule has 0 radical (unpaired) electrons. The summed E-state index contributed by atoms with van der Waals surface area (Å²) in [5.41, 5.74) is 9.50. The molecule has 2 unspecified atom stereocenters. The Balaban J connectivity index is 0.000000877. The fourth-order valence-electron chi connectivity index (χ4n) is 5.43. The minimum atomic E-state index is -0.348. The first kappa shape index (κ1) is 31.5. The number of hydrogen-bond donors (Lipinski definition) is 2. The van der Waals surface area contributed by atoms with Crippen molar-refractivity contribution >= 4 is 50.0 Å². The van der Waals surface area contributed by atoms with Crippen LogP contribution in [0, 0.1) is 24.2 Å². The average Bonchev–Trinajstić information content (AvgIpc) is 2.88. The van der Waals surface area contributed by atoms with E-state index in [9.17, 15) is 9.59 Å². The molecule has 0 bridgehead atoms. The number of urea groups is 1. The summed E-state index contributed by atoms with van der Waals surface area (Å²) in [7, 11) is 0. The number of allylic oxidation sites excluding steroid dienone is 2. The maximum Gasteiger partial charge on any atom is 0.314 e. The highest BCUT2D eigenvalue weighted by atomic mass is 79.9. The summed E-state index contributed by atoms with van der Waals surface area (Å²) in [6.07, 6.45) is 11.3. The Labute approximate surface area is 240 Å². The quantitative estimate of drug-likeness (QED) is 0.195. The predicted molar refractivity (Wildman–Crippen MR) is 161 cm³/mol. The number of alkyl halides is 1. The molecule has 1 aromatic rings. The zero-order valence-corrected chi connectivity index (χ0v) is 26.0. The van der Waals surface area contributed by atoms with Crippen LogP contribution in [0.15, 0.2) is 28.8 Å². The predicted octanol–water partition coefficient (Wildman–Crippen LogP) is 6.82. The summed E-state index contributed by atoms with van der Waals surface area (Å²) < 4.78 is 1.21. The largest absolute Gasteiger partial charge is 0.351 e. The minimum absolute atomic E-state index is 0.238. The van der Waals surface area contributed by atoms with Crippen molar-refractivity contribution in [3.05, 3.63) is 45.4 Å². The molecule has 3 rings (SSSR count). The number of nitrogens with zero attached hydrogens (tertiary/aromatic N) is 2. The van der Waals surface area contributed by atoms with Gasteiger partial charge in [0.1, 0.15) is 0 Å². The molecule has 2 heterocycles. The number of likely N-dealkylation sites (tertiary alicyclic amines) is 2. The van der Waals surface area contributed by atoms with Gasteiger partial charge in [0.25, 0.3) is 0 Å². The number of halogens is 2. The van der Waals surface area contributed by atoms with Crippen molar-refractivity contribution in [2.75, 3.05) is 26.2 Å². The molecular formula is C29H44Br2N4O2. The lowest BCUT2D eigenvalue weighted by atomic mass is 9.77. The van der Waals surface area contributed by atoms with Gasteiger partial charge in [-0.15, -0.1) is 0 Å². The molecule has 0 saturated carbocycles. The van der Waals surface area contributed by atoms with Gasteiger partial charge in [0, 0.05) is 54.0 Å². The Kier molecular flexibility index (Phi) is 13.4. The Morgan fingerprint density at radius 1 is 1.14 bits per heavy atom. The van der Waals surface area contributed by atoms with Crippen LogP contribution < -0.4 is 5.73 Å². The Bertz CT molecular complexity index is 934. The van der Waals surface area contributed by atoms with Gasteiger partial charge >= 0.3 is 6.03 Å². The van der Waals surface area contributed by atoms with Gasteiger partial charge in [-0.3, -0.25) is 4.79 Å². The highest BCUT2D eigenvalue weighted by Crippen LogP contribution is 2.40. The van der Waals surface area contributed by atoms with Crippen molar-refractivity contribution in [2.24, 2.45) is 17.6 Å². The summed E-state index contributed by atoms with van der Waals surface area (Å²) >= 11 is 6.98. The molecular weight excluding hydrogens is 596 g/mol. The van der Waals surface area contributed by atoms with Crippen molar-refractivity contribution in [3.63, 3.8) is 0 Å². The number of benzene rings is 1. The maximum atomic E-state index is 12.9. The van der Waals surface area contributed by atoms with E-state index in [1.165, 1.54) is 27.4 Å². The first-order valence-electron chi connectivity index (χ1n) is 13.5. The molecule has 0 aliphatic carbocycles. The van der Waals surface area contributed by atoms with E-state index >= 15 is 0 Å². The summed E-state index contributed by atoms with van der Waals surface area (Å²) in [5, 5.41) is 6.49. The topological polar surface area (TPSA) is 90.5 Å². The van der Waals surface area contributed by atoms with Gasteiger partial charge in [-0.2, -0.15) is 0 Å². The Morgan fingerprint density at radius 2 is 1.70 bits per heavy atom. The van der Waals surface area contributed by atoms with Gasteiger partial charge in [0.2, 0.25) is 5.91 Å². The fourth-order valence-corrected chi connectivity index (χ4v) is 6.31. The number of hydrogen-bond acceptors (Lipinski definition) is 3. The third-order valence-electron chi connectivity index (χ3n) is 7.49. The molecule has 2 aliphatic heterocycles. The number of nitrogens with one attached hydrogen (secondary N) is 1. The van der Waals surface area contributed by atoms with E-state index in [0.29, 0.717) is 37.3 Å². The molecule has 8 heteroatoms. The second-order valence-corrected chi connectivity index (χ2v) is 12.6. The number of primary amides is 1. The van der Waals surface area contributed by atoms with Crippen molar-refractivity contribution in [3.8, 4) is 0 Å².